The van der Waals surface area contributed by atoms with Gasteiger partial charge >= 0.3 is 0 Å². The predicted octanol–water partition coefficient (Wildman–Crippen LogP) is 1.01. The molecule has 0 fully saturated rings. The summed E-state index contributed by atoms with van der Waals surface area (Å²) < 4.78 is 0. The minimum Gasteiger partial charge on any atom is -0.393 e. The Kier molecular flexibility index (Phi) is 5.04. The van der Waals surface area contributed by atoms with Gasteiger partial charge in [-0.25, -0.2) is 4.98 Å². The van der Waals surface area contributed by atoms with Crippen molar-refractivity contribution in [3.63, 3.8) is 0 Å². The number of carbonyl (C=O) groups excluding carboxylic acids is 1. The van der Waals surface area contributed by atoms with Crippen LogP contribution in [0, 0.1) is 0 Å². The van der Waals surface area contributed by atoms with Crippen molar-refractivity contribution in [3.8, 4) is 0 Å². The first-order valence-corrected chi connectivity index (χ1v) is 6.44. The summed E-state index contributed by atoms with van der Waals surface area (Å²) in [5.41, 5.74) is 6.12. The van der Waals surface area contributed by atoms with Gasteiger partial charge in [0, 0.05) is 19.0 Å². The third-order valence-corrected chi connectivity index (χ3v) is 3.41. The Morgan fingerprint density at radius 1 is 1.65 bits per heavy atom. The smallest absolute Gasteiger partial charge is 0.273 e. The van der Waals surface area contributed by atoms with Crippen LogP contribution in [0.1, 0.15) is 41.8 Å². The van der Waals surface area contributed by atoms with Gasteiger partial charge in [-0.2, -0.15) is 0 Å². The lowest BCUT2D eigenvalue weighted by Crippen LogP contribution is -2.29. The maximum Gasteiger partial charge on any atom is 0.273 e. The van der Waals surface area contributed by atoms with E-state index in [1.807, 2.05) is 6.92 Å². The average molecular weight is 257 g/mol. The zero-order valence-electron chi connectivity index (χ0n) is 10.4. The molecule has 17 heavy (non-hydrogen) atoms. The summed E-state index contributed by atoms with van der Waals surface area (Å²) in [4.78, 5) is 17.7. The molecule has 2 unspecified atom stereocenters. The highest BCUT2D eigenvalue weighted by Gasteiger charge is 2.16. The van der Waals surface area contributed by atoms with Gasteiger partial charge < -0.3 is 15.7 Å². The first kappa shape index (κ1) is 14.1. The van der Waals surface area contributed by atoms with Crippen molar-refractivity contribution in [3.05, 3.63) is 16.1 Å². The summed E-state index contributed by atoms with van der Waals surface area (Å²) >= 11 is 1.39. The Balaban J connectivity index is 2.61. The van der Waals surface area contributed by atoms with Gasteiger partial charge in [0.05, 0.1) is 12.1 Å². The molecule has 1 aromatic heterocycles. The first-order chi connectivity index (χ1) is 7.91. The van der Waals surface area contributed by atoms with Gasteiger partial charge in [0.25, 0.3) is 5.91 Å². The maximum atomic E-state index is 11.9. The van der Waals surface area contributed by atoms with E-state index >= 15 is 0 Å². The molecule has 1 heterocycles. The maximum absolute atomic E-state index is 11.9. The average Bonchev–Trinajstić information content (AvgIpc) is 2.73. The van der Waals surface area contributed by atoms with Crippen LogP contribution < -0.4 is 5.73 Å². The van der Waals surface area contributed by atoms with Crippen molar-refractivity contribution in [1.29, 1.82) is 0 Å². The summed E-state index contributed by atoms with van der Waals surface area (Å²) in [5.74, 6) is -0.131. The Hall–Kier alpha value is -0.980. The fraction of sp³-hybridized carbons (Fsp3) is 0.636. The molecular weight excluding hydrogens is 238 g/mol. The summed E-state index contributed by atoms with van der Waals surface area (Å²) in [6, 6.07) is -0.149. The highest BCUT2D eigenvalue weighted by Crippen LogP contribution is 2.16. The number of amides is 1. The molecule has 0 radical (unpaired) electrons. The van der Waals surface area contributed by atoms with Crippen LogP contribution in [0.5, 0.6) is 0 Å². The minimum absolute atomic E-state index is 0.131. The Labute approximate surface area is 105 Å². The number of nitrogens with zero attached hydrogens (tertiary/aromatic N) is 2. The number of aromatic nitrogens is 1. The molecule has 0 aliphatic rings. The molecule has 0 saturated carbocycles. The number of thiazole rings is 1. The molecule has 6 heteroatoms. The van der Waals surface area contributed by atoms with Gasteiger partial charge in [0.2, 0.25) is 0 Å². The summed E-state index contributed by atoms with van der Waals surface area (Å²) in [6.45, 7) is 4.06. The molecule has 2 atom stereocenters. The van der Waals surface area contributed by atoms with E-state index in [-0.39, 0.29) is 11.9 Å². The number of carbonyl (C=O) groups is 1. The Morgan fingerprint density at radius 2 is 2.29 bits per heavy atom. The van der Waals surface area contributed by atoms with E-state index in [0.29, 0.717) is 18.7 Å². The Bertz CT molecular complexity index is 377. The number of aliphatic hydroxyl groups excluding tert-OH is 1. The second-order valence-electron chi connectivity index (χ2n) is 4.22. The predicted molar refractivity (Wildman–Crippen MR) is 68.0 cm³/mol. The van der Waals surface area contributed by atoms with Crippen molar-refractivity contribution in [2.75, 3.05) is 13.6 Å². The van der Waals surface area contributed by atoms with Crippen LogP contribution in [0.4, 0.5) is 0 Å². The number of aliphatic hydroxyl groups is 1. The minimum atomic E-state index is -0.402. The summed E-state index contributed by atoms with van der Waals surface area (Å²) in [5, 5.41) is 11.6. The van der Waals surface area contributed by atoms with E-state index < -0.39 is 6.10 Å². The lowest BCUT2D eigenvalue weighted by Gasteiger charge is -2.16. The summed E-state index contributed by atoms with van der Waals surface area (Å²) in [7, 11) is 1.70. The molecular formula is C11H19N3O2S. The normalized spacial score (nSPS) is 14.4. The monoisotopic (exact) mass is 257 g/mol. The highest BCUT2D eigenvalue weighted by atomic mass is 32.1. The van der Waals surface area contributed by atoms with Gasteiger partial charge in [0.15, 0.2) is 0 Å². The van der Waals surface area contributed by atoms with E-state index in [2.05, 4.69) is 4.98 Å². The van der Waals surface area contributed by atoms with Crippen molar-refractivity contribution in [2.24, 2.45) is 5.73 Å². The van der Waals surface area contributed by atoms with Crippen molar-refractivity contribution in [1.82, 2.24) is 9.88 Å². The van der Waals surface area contributed by atoms with Crippen LogP contribution in [-0.4, -0.2) is 40.6 Å². The third kappa shape index (κ3) is 4.07. The highest BCUT2D eigenvalue weighted by molar-refractivity contribution is 7.09. The molecule has 0 aliphatic heterocycles. The summed E-state index contributed by atoms with van der Waals surface area (Å²) in [6.07, 6.45) is 0.160. The van der Waals surface area contributed by atoms with E-state index in [9.17, 15) is 4.79 Å². The molecule has 96 valence electrons. The number of rotatable bonds is 5. The van der Waals surface area contributed by atoms with Gasteiger partial charge in [-0.15, -0.1) is 11.3 Å². The fourth-order valence-corrected chi connectivity index (χ4v) is 2.02. The molecule has 0 spiro atoms. The van der Waals surface area contributed by atoms with Crippen molar-refractivity contribution in [2.45, 2.75) is 32.4 Å². The van der Waals surface area contributed by atoms with Crippen LogP contribution in [0.15, 0.2) is 5.38 Å². The largest absolute Gasteiger partial charge is 0.393 e. The van der Waals surface area contributed by atoms with Crippen LogP contribution in [0.3, 0.4) is 0 Å². The second-order valence-corrected chi connectivity index (χ2v) is 5.11. The molecule has 0 aromatic carbocycles. The zero-order valence-corrected chi connectivity index (χ0v) is 11.2. The van der Waals surface area contributed by atoms with E-state index in [1.54, 1.807) is 24.3 Å². The van der Waals surface area contributed by atoms with Crippen LogP contribution in [0.2, 0.25) is 0 Å². The van der Waals surface area contributed by atoms with Gasteiger partial charge in [0.1, 0.15) is 10.7 Å². The third-order valence-electron chi connectivity index (χ3n) is 2.36. The Morgan fingerprint density at radius 3 is 2.76 bits per heavy atom. The van der Waals surface area contributed by atoms with Crippen molar-refractivity contribution >= 4 is 17.2 Å². The molecule has 1 aromatic rings. The van der Waals surface area contributed by atoms with Crippen LogP contribution >= 0.6 is 11.3 Å². The topological polar surface area (TPSA) is 79.5 Å². The van der Waals surface area contributed by atoms with Crippen LogP contribution in [-0.2, 0) is 0 Å². The fourth-order valence-electron chi connectivity index (χ4n) is 1.27. The molecule has 3 N–H and O–H groups in total. The molecule has 0 aliphatic carbocycles. The lowest BCUT2D eigenvalue weighted by molar-refractivity contribution is 0.0764. The van der Waals surface area contributed by atoms with Gasteiger partial charge in [-0.1, -0.05) is 0 Å². The SMILES string of the molecule is CC(O)CCN(C)C(=O)c1csc(C(C)N)n1. The number of hydrogen-bond donors (Lipinski definition) is 2. The van der Waals surface area contributed by atoms with Crippen molar-refractivity contribution < 1.29 is 9.90 Å². The zero-order chi connectivity index (χ0) is 13.0. The number of nitrogens with two attached hydrogens (primary N) is 1. The van der Waals surface area contributed by atoms with Gasteiger partial charge in [-0.05, 0) is 20.3 Å². The standard InChI is InChI=1S/C11H19N3O2S/c1-7(15)4-5-14(3)11(16)9-6-17-10(13-9)8(2)12/h6-8,15H,4-5,12H2,1-3H3. The molecule has 0 bridgehead atoms. The molecule has 5 nitrogen and oxygen atoms in total. The molecule has 0 saturated heterocycles. The molecule has 1 rings (SSSR count). The van der Waals surface area contributed by atoms with E-state index in [4.69, 9.17) is 10.8 Å². The van der Waals surface area contributed by atoms with E-state index in [1.165, 1.54) is 11.3 Å². The quantitative estimate of drug-likeness (QED) is 0.825. The number of hydrogen-bond acceptors (Lipinski definition) is 5. The first-order valence-electron chi connectivity index (χ1n) is 5.56. The van der Waals surface area contributed by atoms with Gasteiger partial charge in [-0.3, -0.25) is 4.79 Å². The van der Waals surface area contributed by atoms with Crippen LogP contribution in [0.25, 0.3) is 0 Å². The lowest BCUT2D eigenvalue weighted by atomic mass is 10.2. The molecule has 1 amide bonds. The van der Waals surface area contributed by atoms with E-state index in [0.717, 1.165) is 5.01 Å². The second kappa shape index (κ2) is 6.09.